The Balaban J connectivity index is 1.80. The van der Waals surface area contributed by atoms with E-state index in [9.17, 15) is 9.59 Å². The normalized spacial score (nSPS) is 14.9. The number of anilines is 1. The summed E-state index contributed by atoms with van der Waals surface area (Å²) in [5, 5.41) is 14.4. The molecule has 1 fully saturated rings. The Morgan fingerprint density at radius 3 is 2.62 bits per heavy atom. The monoisotopic (exact) mass is 311 g/mol. The summed E-state index contributed by atoms with van der Waals surface area (Å²) in [5.74, 6) is -1.06. The number of urea groups is 1. The van der Waals surface area contributed by atoms with Gasteiger partial charge in [0.15, 0.2) is 0 Å². The third kappa shape index (κ3) is 4.61. The topological polar surface area (TPSA) is 81.7 Å². The Kier molecular flexibility index (Phi) is 5.41. The number of hydrogen-bond donors (Lipinski definition) is 3. The van der Waals surface area contributed by atoms with Gasteiger partial charge in [0, 0.05) is 13.1 Å². The van der Waals surface area contributed by atoms with Gasteiger partial charge in [-0.25, -0.2) is 9.59 Å². The Hall–Kier alpha value is -1.79. The van der Waals surface area contributed by atoms with Crippen molar-refractivity contribution < 1.29 is 14.7 Å². The van der Waals surface area contributed by atoms with Crippen LogP contribution in [0, 0.1) is 0 Å². The molecule has 1 heterocycles. The van der Waals surface area contributed by atoms with E-state index in [0.29, 0.717) is 12.2 Å². The average molecular weight is 312 g/mol. The molecule has 1 aromatic carbocycles. The number of carboxylic acid groups (broad SMARTS) is 1. The average Bonchev–Trinajstić information content (AvgIpc) is 2.94. The van der Waals surface area contributed by atoms with Gasteiger partial charge in [-0.1, -0.05) is 11.6 Å². The number of aromatic carboxylic acids is 1. The van der Waals surface area contributed by atoms with Crippen LogP contribution < -0.4 is 10.6 Å². The van der Waals surface area contributed by atoms with Gasteiger partial charge in [0.25, 0.3) is 0 Å². The highest BCUT2D eigenvalue weighted by Gasteiger charge is 2.12. The lowest BCUT2D eigenvalue weighted by molar-refractivity contribution is 0.0697. The molecular formula is C14H18ClN3O3. The number of nitrogens with zero attached hydrogens (tertiary/aromatic N) is 1. The first-order valence-electron chi connectivity index (χ1n) is 6.86. The molecule has 2 amide bonds. The molecule has 0 aliphatic carbocycles. The van der Waals surface area contributed by atoms with Crippen LogP contribution in [-0.4, -0.2) is 48.2 Å². The van der Waals surface area contributed by atoms with Gasteiger partial charge in [-0.05, 0) is 44.1 Å². The van der Waals surface area contributed by atoms with Crippen molar-refractivity contribution >= 4 is 29.3 Å². The van der Waals surface area contributed by atoms with E-state index >= 15 is 0 Å². The fourth-order valence-corrected chi connectivity index (χ4v) is 2.48. The summed E-state index contributed by atoms with van der Waals surface area (Å²) in [6.07, 6.45) is 2.44. The minimum atomic E-state index is -1.06. The summed E-state index contributed by atoms with van der Waals surface area (Å²) in [4.78, 5) is 24.8. The zero-order valence-corrected chi connectivity index (χ0v) is 12.3. The zero-order valence-electron chi connectivity index (χ0n) is 11.6. The summed E-state index contributed by atoms with van der Waals surface area (Å²) in [7, 11) is 0. The second-order valence-corrected chi connectivity index (χ2v) is 5.34. The molecule has 0 bridgehead atoms. The fraction of sp³-hybridized carbons (Fsp3) is 0.429. The minimum Gasteiger partial charge on any atom is -0.478 e. The van der Waals surface area contributed by atoms with Crippen LogP contribution in [0.4, 0.5) is 10.5 Å². The standard InChI is InChI=1S/C14H18ClN3O3/c15-11-9-10(13(19)20)3-4-12(11)17-14(21)16-5-8-18-6-1-2-7-18/h3-4,9H,1-2,5-8H2,(H,19,20)(H2,16,17,21). The molecule has 1 aliphatic heterocycles. The number of halogens is 1. The summed E-state index contributed by atoms with van der Waals surface area (Å²) in [6.45, 7) is 3.58. The maximum Gasteiger partial charge on any atom is 0.335 e. The third-order valence-corrected chi connectivity index (χ3v) is 3.69. The van der Waals surface area contributed by atoms with Crippen LogP contribution in [0.2, 0.25) is 5.02 Å². The van der Waals surface area contributed by atoms with Gasteiger partial charge in [0.2, 0.25) is 0 Å². The van der Waals surface area contributed by atoms with Crippen molar-refractivity contribution in [1.29, 1.82) is 0 Å². The van der Waals surface area contributed by atoms with Crippen molar-refractivity contribution in [2.24, 2.45) is 0 Å². The maximum atomic E-state index is 11.7. The molecule has 0 atom stereocenters. The lowest BCUT2D eigenvalue weighted by Gasteiger charge is -2.15. The van der Waals surface area contributed by atoms with E-state index in [1.165, 1.54) is 31.0 Å². The van der Waals surface area contributed by atoms with E-state index in [2.05, 4.69) is 15.5 Å². The zero-order chi connectivity index (χ0) is 15.2. The lowest BCUT2D eigenvalue weighted by atomic mass is 10.2. The Morgan fingerprint density at radius 1 is 1.29 bits per heavy atom. The Labute approximate surface area is 128 Å². The highest BCUT2D eigenvalue weighted by molar-refractivity contribution is 6.34. The van der Waals surface area contributed by atoms with Gasteiger partial charge in [0.1, 0.15) is 0 Å². The number of carbonyl (C=O) groups excluding carboxylic acids is 1. The molecular weight excluding hydrogens is 294 g/mol. The van der Waals surface area contributed by atoms with Crippen molar-refractivity contribution in [1.82, 2.24) is 10.2 Å². The van der Waals surface area contributed by atoms with Crippen LogP contribution in [0.25, 0.3) is 0 Å². The molecule has 0 radical (unpaired) electrons. The smallest absolute Gasteiger partial charge is 0.335 e. The number of rotatable bonds is 5. The van der Waals surface area contributed by atoms with Crippen molar-refractivity contribution in [2.45, 2.75) is 12.8 Å². The highest BCUT2D eigenvalue weighted by atomic mass is 35.5. The van der Waals surface area contributed by atoms with Crippen LogP contribution in [0.5, 0.6) is 0 Å². The van der Waals surface area contributed by atoms with Gasteiger partial charge in [-0.3, -0.25) is 0 Å². The maximum absolute atomic E-state index is 11.7. The molecule has 21 heavy (non-hydrogen) atoms. The van der Waals surface area contributed by atoms with E-state index in [-0.39, 0.29) is 16.6 Å². The van der Waals surface area contributed by atoms with E-state index in [0.717, 1.165) is 19.6 Å². The lowest BCUT2D eigenvalue weighted by Crippen LogP contribution is -2.36. The molecule has 1 saturated heterocycles. The van der Waals surface area contributed by atoms with Crippen LogP contribution in [0.1, 0.15) is 23.2 Å². The number of benzene rings is 1. The van der Waals surface area contributed by atoms with Crippen LogP contribution in [0.3, 0.4) is 0 Å². The summed E-state index contributed by atoms with van der Waals surface area (Å²) in [6, 6.07) is 3.84. The van der Waals surface area contributed by atoms with E-state index < -0.39 is 5.97 Å². The number of nitrogens with one attached hydrogen (secondary N) is 2. The highest BCUT2D eigenvalue weighted by Crippen LogP contribution is 2.22. The molecule has 0 unspecified atom stereocenters. The molecule has 6 nitrogen and oxygen atoms in total. The Morgan fingerprint density at radius 2 is 2.00 bits per heavy atom. The van der Waals surface area contributed by atoms with Crippen LogP contribution >= 0.6 is 11.6 Å². The number of carbonyl (C=O) groups is 2. The van der Waals surface area contributed by atoms with Crippen LogP contribution in [0.15, 0.2) is 18.2 Å². The van der Waals surface area contributed by atoms with Gasteiger partial charge in [-0.2, -0.15) is 0 Å². The van der Waals surface area contributed by atoms with Gasteiger partial charge < -0.3 is 20.6 Å². The van der Waals surface area contributed by atoms with Crippen molar-refractivity contribution in [3.8, 4) is 0 Å². The van der Waals surface area contributed by atoms with Crippen LogP contribution in [-0.2, 0) is 0 Å². The third-order valence-electron chi connectivity index (χ3n) is 3.38. The van der Waals surface area contributed by atoms with Gasteiger partial charge >= 0.3 is 12.0 Å². The molecule has 7 heteroatoms. The predicted octanol–water partition coefficient (Wildman–Crippen LogP) is 2.26. The molecule has 2 rings (SSSR count). The van der Waals surface area contributed by atoms with Gasteiger partial charge in [-0.15, -0.1) is 0 Å². The summed E-state index contributed by atoms with van der Waals surface area (Å²) < 4.78 is 0. The summed E-state index contributed by atoms with van der Waals surface area (Å²) in [5.41, 5.74) is 0.473. The minimum absolute atomic E-state index is 0.0833. The first kappa shape index (κ1) is 15.6. The van der Waals surface area contributed by atoms with Crippen molar-refractivity contribution in [3.63, 3.8) is 0 Å². The molecule has 1 aliphatic rings. The molecule has 0 aromatic heterocycles. The van der Waals surface area contributed by atoms with E-state index in [4.69, 9.17) is 16.7 Å². The SMILES string of the molecule is O=C(NCCN1CCCC1)Nc1ccc(C(=O)O)cc1Cl. The fourth-order valence-electron chi connectivity index (χ4n) is 2.25. The first-order valence-corrected chi connectivity index (χ1v) is 7.24. The van der Waals surface area contributed by atoms with E-state index in [1.807, 2.05) is 0 Å². The number of hydrogen-bond acceptors (Lipinski definition) is 3. The molecule has 1 aromatic rings. The first-order chi connectivity index (χ1) is 10.1. The number of amides is 2. The summed E-state index contributed by atoms with van der Waals surface area (Å²) >= 11 is 5.94. The largest absolute Gasteiger partial charge is 0.478 e. The second-order valence-electron chi connectivity index (χ2n) is 4.93. The molecule has 3 N–H and O–H groups in total. The predicted molar refractivity (Wildman–Crippen MR) is 81.1 cm³/mol. The number of likely N-dealkylation sites (tertiary alicyclic amines) is 1. The second kappa shape index (κ2) is 7.28. The molecule has 0 spiro atoms. The quantitative estimate of drug-likeness (QED) is 0.779. The van der Waals surface area contributed by atoms with Crippen molar-refractivity contribution in [3.05, 3.63) is 28.8 Å². The van der Waals surface area contributed by atoms with Gasteiger partial charge in [0.05, 0.1) is 16.3 Å². The molecule has 0 saturated carbocycles. The Bertz CT molecular complexity index is 530. The molecule has 114 valence electrons. The van der Waals surface area contributed by atoms with E-state index in [1.54, 1.807) is 0 Å². The number of carboxylic acids is 1. The van der Waals surface area contributed by atoms with Crippen molar-refractivity contribution in [2.75, 3.05) is 31.5 Å².